The molecule has 0 aromatic rings. The summed E-state index contributed by atoms with van der Waals surface area (Å²) in [4.78, 5) is 0. The Kier molecular flexibility index (Phi) is 4.04. The summed E-state index contributed by atoms with van der Waals surface area (Å²) in [7, 11) is 0. The first-order valence-corrected chi connectivity index (χ1v) is 6.81. The van der Waals surface area contributed by atoms with Crippen molar-refractivity contribution in [1.29, 1.82) is 0 Å². The SMILES string of the molecule is CC=C1C[C@@H]2C[C@H]1CC2C=CC/C=C\CC. The van der Waals surface area contributed by atoms with Gasteiger partial charge in [-0.05, 0) is 56.8 Å². The fraction of sp³-hybridized carbons (Fsp3) is 0.625. The predicted octanol–water partition coefficient (Wildman–Crippen LogP) is 4.89. The summed E-state index contributed by atoms with van der Waals surface area (Å²) in [6.07, 6.45) is 18.3. The fourth-order valence-corrected chi connectivity index (χ4v) is 3.35. The first-order valence-electron chi connectivity index (χ1n) is 6.81. The molecule has 3 atom stereocenters. The van der Waals surface area contributed by atoms with Crippen molar-refractivity contribution >= 4 is 0 Å². The van der Waals surface area contributed by atoms with Crippen LogP contribution in [0.2, 0.25) is 0 Å². The van der Waals surface area contributed by atoms with E-state index < -0.39 is 0 Å². The van der Waals surface area contributed by atoms with Gasteiger partial charge in [-0.3, -0.25) is 0 Å². The summed E-state index contributed by atoms with van der Waals surface area (Å²) >= 11 is 0. The maximum atomic E-state index is 2.48. The van der Waals surface area contributed by atoms with Gasteiger partial charge in [-0.1, -0.05) is 42.9 Å². The summed E-state index contributed by atoms with van der Waals surface area (Å²) in [6, 6.07) is 0. The number of rotatable bonds is 4. The molecule has 2 aliphatic rings. The maximum absolute atomic E-state index is 2.48. The van der Waals surface area contributed by atoms with Crippen LogP contribution in [0.1, 0.15) is 46.0 Å². The molecule has 0 aliphatic heterocycles. The van der Waals surface area contributed by atoms with E-state index in [1.54, 1.807) is 5.57 Å². The summed E-state index contributed by atoms with van der Waals surface area (Å²) in [5, 5.41) is 0. The molecule has 0 aromatic heterocycles. The van der Waals surface area contributed by atoms with Gasteiger partial charge >= 0.3 is 0 Å². The summed E-state index contributed by atoms with van der Waals surface area (Å²) < 4.78 is 0. The molecule has 0 N–H and O–H groups in total. The number of allylic oxidation sites excluding steroid dienone is 6. The second-order valence-electron chi connectivity index (χ2n) is 5.20. The molecule has 0 saturated heterocycles. The molecule has 16 heavy (non-hydrogen) atoms. The van der Waals surface area contributed by atoms with E-state index in [1.807, 2.05) is 0 Å². The number of fused-ring (bicyclic) bond motifs is 2. The van der Waals surface area contributed by atoms with Gasteiger partial charge in [0.05, 0.1) is 0 Å². The Bertz CT molecular complexity index is 306. The average Bonchev–Trinajstić information content (AvgIpc) is 2.87. The van der Waals surface area contributed by atoms with Gasteiger partial charge in [-0.25, -0.2) is 0 Å². The monoisotopic (exact) mass is 216 g/mol. The van der Waals surface area contributed by atoms with E-state index in [0.717, 1.165) is 30.6 Å². The highest BCUT2D eigenvalue weighted by Crippen LogP contribution is 2.51. The first kappa shape index (κ1) is 11.7. The van der Waals surface area contributed by atoms with Gasteiger partial charge in [0.1, 0.15) is 0 Å². The normalized spacial score (nSPS) is 36.1. The van der Waals surface area contributed by atoms with E-state index in [1.165, 1.54) is 19.3 Å². The predicted molar refractivity (Wildman–Crippen MR) is 71.3 cm³/mol. The quantitative estimate of drug-likeness (QED) is 0.587. The zero-order chi connectivity index (χ0) is 11.4. The van der Waals surface area contributed by atoms with Crippen LogP contribution in [0.15, 0.2) is 36.0 Å². The molecule has 0 amide bonds. The lowest BCUT2D eigenvalue weighted by Crippen LogP contribution is -2.09. The Balaban J connectivity index is 1.80. The molecule has 2 rings (SSSR count). The van der Waals surface area contributed by atoms with Crippen LogP contribution in [0.3, 0.4) is 0 Å². The van der Waals surface area contributed by atoms with Crippen molar-refractivity contribution in [2.45, 2.75) is 46.0 Å². The van der Waals surface area contributed by atoms with Gasteiger partial charge in [0.25, 0.3) is 0 Å². The van der Waals surface area contributed by atoms with Gasteiger partial charge in [0.2, 0.25) is 0 Å². The van der Waals surface area contributed by atoms with Crippen molar-refractivity contribution < 1.29 is 0 Å². The molecule has 2 saturated carbocycles. The molecule has 1 unspecified atom stereocenters. The summed E-state index contributed by atoms with van der Waals surface area (Å²) in [5.41, 5.74) is 1.74. The van der Waals surface area contributed by atoms with Crippen LogP contribution in [-0.4, -0.2) is 0 Å². The second kappa shape index (κ2) is 5.52. The van der Waals surface area contributed by atoms with Crippen LogP contribution in [0.5, 0.6) is 0 Å². The third kappa shape index (κ3) is 2.48. The fourth-order valence-electron chi connectivity index (χ4n) is 3.35. The molecular formula is C16H24. The molecule has 0 aromatic carbocycles. The molecular weight excluding hydrogens is 192 g/mol. The van der Waals surface area contributed by atoms with Crippen LogP contribution in [0.4, 0.5) is 0 Å². The Morgan fingerprint density at radius 2 is 2.06 bits per heavy atom. The van der Waals surface area contributed by atoms with Crippen LogP contribution in [-0.2, 0) is 0 Å². The highest BCUT2D eigenvalue weighted by molar-refractivity contribution is 5.20. The zero-order valence-electron chi connectivity index (χ0n) is 10.7. The third-order valence-electron chi connectivity index (χ3n) is 4.20. The molecule has 2 bridgehead atoms. The lowest BCUT2D eigenvalue weighted by atomic mass is 9.85. The van der Waals surface area contributed by atoms with E-state index in [-0.39, 0.29) is 0 Å². The molecule has 0 heteroatoms. The van der Waals surface area contributed by atoms with E-state index in [0.29, 0.717) is 0 Å². The van der Waals surface area contributed by atoms with E-state index in [9.17, 15) is 0 Å². The van der Waals surface area contributed by atoms with Crippen molar-refractivity contribution in [3.8, 4) is 0 Å². The molecule has 2 aliphatic carbocycles. The van der Waals surface area contributed by atoms with Crippen molar-refractivity contribution in [1.82, 2.24) is 0 Å². The lowest BCUT2D eigenvalue weighted by molar-refractivity contribution is 0.446. The molecule has 0 nitrogen and oxygen atoms in total. The Hall–Kier alpha value is -0.780. The molecule has 0 radical (unpaired) electrons. The minimum absolute atomic E-state index is 0.878. The third-order valence-corrected chi connectivity index (χ3v) is 4.20. The van der Waals surface area contributed by atoms with Crippen LogP contribution >= 0.6 is 0 Å². The summed E-state index contributed by atoms with van der Waals surface area (Å²) in [5.74, 6) is 2.77. The second-order valence-corrected chi connectivity index (χ2v) is 5.20. The van der Waals surface area contributed by atoms with Gasteiger partial charge in [-0.15, -0.1) is 0 Å². The number of hydrogen-bond donors (Lipinski definition) is 0. The van der Waals surface area contributed by atoms with E-state index >= 15 is 0 Å². The standard InChI is InChI=1S/C16H24/c1-3-5-6-7-8-9-14-11-15-12-16(14)10-13(15)4-2/h4-6,8-9,14-16H,3,7,10-12H2,1-2H3/b6-5-,9-8?,13-4?/t14?,15-,16-/m1/s1. The first-order chi connectivity index (χ1) is 7.85. The van der Waals surface area contributed by atoms with Crippen molar-refractivity contribution in [2.24, 2.45) is 17.8 Å². The largest absolute Gasteiger partial charge is 0.0885 e. The van der Waals surface area contributed by atoms with Crippen LogP contribution < -0.4 is 0 Å². The van der Waals surface area contributed by atoms with Crippen molar-refractivity contribution in [3.05, 3.63) is 36.0 Å². The van der Waals surface area contributed by atoms with Crippen LogP contribution in [0, 0.1) is 17.8 Å². The van der Waals surface area contributed by atoms with Gasteiger partial charge in [0.15, 0.2) is 0 Å². The molecule has 0 heterocycles. The number of hydrogen-bond acceptors (Lipinski definition) is 0. The van der Waals surface area contributed by atoms with E-state index in [2.05, 4.69) is 44.2 Å². The van der Waals surface area contributed by atoms with Crippen molar-refractivity contribution in [3.63, 3.8) is 0 Å². The minimum Gasteiger partial charge on any atom is -0.0885 e. The molecule has 2 fully saturated rings. The maximum Gasteiger partial charge on any atom is -0.0169 e. The smallest absolute Gasteiger partial charge is 0.0169 e. The van der Waals surface area contributed by atoms with E-state index in [4.69, 9.17) is 0 Å². The van der Waals surface area contributed by atoms with Crippen molar-refractivity contribution in [2.75, 3.05) is 0 Å². The Morgan fingerprint density at radius 1 is 1.19 bits per heavy atom. The topological polar surface area (TPSA) is 0 Å². The zero-order valence-corrected chi connectivity index (χ0v) is 10.7. The minimum atomic E-state index is 0.878. The Labute approximate surface area is 100 Å². The Morgan fingerprint density at radius 3 is 2.69 bits per heavy atom. The van der Waals surface area contributed by atoms with Gasteiger partial charge in [-0.2, -0.15) is 0 Å². The highest BCUT2D eigenvalue weighted by Gasteiger charge is 2.40. The highest BCUT2D eigenvalue weighted by atomic mass is 14.4. The van der Waals surface area contributed by atoms with Gasteiger partial charge in [0, 0.05) is 0 Å². The molecule has 88 valence electrons. The molecule has 0 spiro atoms. The lowest BCUT2D eigenvalue weighted by Gasteiger charge is -2.20. The average molecular weight is 216 g/mol. The van der Waals surface area contributed by atoms with Crippen LogP contribution in [0.25, 0.3) is 0 Å². The summed E-state index contributed by atoms with van der Waals surface area (Å²) in [6.45, 7) is 4.39. The van der Waals surface area contributed by atoms with Gasteiger partial charge < -0.3 is 0 Å².